The summed E-state index contributed by atoms with van der Waals surface area (Å²) in [6.07, 6.45) is -3.09. The molecular formula is C17H14F3N3O3. The highest BCUT2D eigenvalue weighted by Gasteiger charge is 2.28. The number of ether oxygens (including phenoxy) is 1. The molecule has 0 saturated carbocycles. The Morgan fingerprint density at radius 3 is 2.73 bits per heavy atom. The summed E-state index contributed by atoms with van der Waals surface area (Å²) in [7, 11) is 0. The van der Waals surface area contributed by atoms with E-state index in [-0.39, 0.29) is 11.6 Å². The molecule has 26 heavy (non-hydrogen) atoms. The standard InChI is InChI=1S/C17H14F3N3O3/c1-10(11-6-7-14(21-8-11)25-9-17(18,19)20)22-16(24)15-12-4-2-3-5-13(12)23-26-15/h2-8,10H,9H2,1H3,(H,22,24). The first-order valence-corrected chi connectivity index (χ1v) is 7.64. The SMILES string of the molecule is CC(NC(=O)c1onc2ccccc12)c1ccc(OCC(F)(F)F)nc1. The minimum atomic E-state index is -4.43. The zero-order valence-electron chi connectivity index (χ0n) is 13.6. The van der Waals surface area contributed by atoms with E-state index < -0.39 is 24.7 Å². The van der Waals surface area contributed by atoms with Crippen molar-refractivity contribution in [2.24, 2.45) is 0 Å². The number of hydrogen-bond donors (Lipinski definition) is 1. The number of alkyl halides is 3. The van der Waals surface area contributed by atoms with E-state index in [1.165, 1.54) is 18.3 Å². The number of nitrogens with zero attached hydrogens (tertiary/aromatic N) is 2. The average Bonchev–Trinajstić information content (AvgIpc) is 3.04. The fourth-order valence-electron chi connectivity index (χ4n) is 2.29. The summed E-state index contributed by atoms with van der Waals surface area (Å²) >= 11 is 0. The first-order chi connectivity index (χ1) is 12.3. The first kappa shape index (κ1) is 17.7. The van der Waals surface area contributed by atoms with Crippen molar-refractivity contribution >= 4 is 16.8 Å². The molecule has 3 aromatic rings. The molecule has 1 N–H and O–H groups in total. The molecule has 0 spiro atoms. The van der Waals surface area contributed by atoms with Crippen LogP contribution in [0.1, 0.15) is 29.1 Å². The molecule has 0 aliphatic carbocycles. The molecule has 1 atom stereocenters. The fraction of sp³-hybridized carbons (Fsp3) is 0.235. The lowest BCUT2D eigenvalue weighted by atomic mass is 10.1. The van der Waals surface area contributed by atoms with Gasteiger partial charge in [-0.1, -0.05) is 23.4 Å². The number of amides is 1. The number of hydrogen-bond acceptors (Lipinski definition) is 5. The Bertz CT molecular complexity index is 907. The zero-order valence-corrected chi connectivity index (χ0v) is 13.6. The van der Waals surface area contributed by atoms with E-state index in [4.69, 9.17) is 4.52 Å². The Labute approximate surface area is 146 Å². The van der Waals surface area contributed by atoms with Gasteiger partial charge in [-0.05, 0) is 24.6 Å². The number of aromatic nitrogens is 2. The first-order valence-electron chi connectivity index (χ1n) is 7.64. The summed E-state index contributed by atoms with van der Waals surface area (Å²) < 4.78 is 46.0. The molecule has 3 rings (SSSR count). The van der Waals surface area contributed by atoms with Crippen LogP contribution in [-0.4, -0.2) is 28.8 Å². The molecule has 1 amide bonds. The third-order valence-electron chi connectivity index (χ3n) is 3.58. The number of carbonyl (C=O) groups excluding carboxylic acids is 1. The van der Waals surface area contributed by atoms with Crippen LogP contribution in [0.15, 0.2) is 47.1 Å². The Morgan fingerprint density at radius 2 is 2.04 bits per heavy atom. The summed E-state index contributed by atoms with van der Waals surface area (Å²) in [5, 5.41) is 7.14. The van der Waals surface area contributed by atoms with Gasteiger partial charge in [-0.15, -0.1) is 0 Å². The van der Waals surface area contributed by atoms with Gasteiger partial charge in [0.1, 0.15) is 5.52 Å². The predicted octanol–water partition coefficient (Wildman–Crippen LogP) is 3.65. The van der Waals surface area contributed by atoms with Gasteiger partial charge in [-0.2, -0.15) is 13.2 Å². The number of halogens is 3. The summed E-state index contributed by atoms with van der Waals surface area (Å²) in [6.45, 7) is 0.300. The summed E-state index contributed by atoms with van der Waals surface area (Å²) in [4.78, 5) is 16.2. The van der Waals surface area contributed by atoms with Gasteiger partial charge in [0.05, 0.1) is 11.4 Å². The lowest BCUT2D eigenvalue weighted by molar-refractivity contribution is -0.154. The second-order valence-electron chi connectivity index (χ2n) is 5.56. The van der Waals surface area contributed by atoms with Gasteiger partial charge in [-0.25, -0.2) is 4.98 Å². The maximum atomic E-state index is 12.4. The number of rotatable bonds is 5. The third kappa shape index (κ3) is 4.11. The van der Waals surface area contributed by atoms with E-state index in [1.807, 2.05) is 0 Å². The smallest absolute Gasteiger partial charge is 0.422 e. The highest BCUT2D eigenvalue weighted by molar-refractivity contribution is 6.03. The van der Waals surface area contributed by atoms with Gasteiger partial charge < -0.3 is 14.6 Å². The summed E-state index contributed by atoms with van der Waals surface area (Å²) in [5.74, 6) is -0.514. The van der Waals surface area contributed by atoms with E-state index >= 15 is 0 Å². The van der Waals surface area contributed by atoms with Gasteiger partial charge >= 0.3 is 6.18 Å². The monoisotopic (exact) mass is 365 g/mol. The van der Waals surface area contributed by atoms with Gasteiger partial charge in [-0.3, -0.25) is 4.79 Å². The van der Waals surface area contributed by atoms with Crippen molar-refractivity contribution in [3.05, 3.63) is 53.9 Å². The zero-order chi connectivity index (χ0) is 18.7. The van der Waals surface area contributed by atoms with Crippen molar-refractivity contribution in [3.63, 3.8) is 0 Å². The Hall–Kier alpha value is -3.10. The Kier molecular flexibility index (Phi) is 4.79. The third-order valence-corrected chi connectivity index (χ3v) is 3.58. The van der Waals surface area contributed by atoms with E-state index in [0.717, 1.165) is 0 Å². The molecule has 0 saturated heterocycles. The number of benzene rings is 1. The number of carbonyl (C=O) groups is 1. The fourth-order valence-corrected chi connectivity index (χ4v) is 2.29. The average molecular weight is 365 g/mol. The lowest BCUT2D eigenvalue weighted by Gasteiger charge is -2.14. The largest absolute Gasteiger partial charge is 0.468 e. The minimum Gasteiger partial charge on any atom is -0.468 e. The molecule has 1 aromatic carbocycles. The lowest BCUT2D eigenvalue weighted by Crippen LogP contribution is -2.26. The quantitative estimate of drug-likeness (QED) is 0.747. The van der Waals surface area contributed by atoms with Crippen LogP contribution in [0.2, 0.25) is 0 Å². The second-order valence-corrected chi connectivity index (χ2v) is 5.56. The van der Waals surface area contributed by atoms with Crippen molar-refractivity contribution < 1.29 is 27.2 Å². The van der Waals surface area contributed by atoms with Crippen LogP contribution in [0, 0.1) is 0 Å². The molecule has 1 unspecified atom stereocenters. The van der Waals surface area contributed by atoms with Gasteiger partial charge in [0.15, 0.2) is 6.61 Å². The van der Waals surface area contributed by atoms with Crippen molar-refractivity contribution in [2.45, 2.75) is 19.1 Å². The van der Waals surface area contributed by atoms with E-state index in [1.54, 1.807) is 31.2 Å². The van der Waals surface area contributed by atoms with E-state index in [0.29, 0.717) is 16.5 Å². The van der Waals surface area contributed by atoms with Crippen LogP contribution in [-0.2, 0) is 0 Å². The number of nitrogens with one attached hydrogen (secondary N) is 1. The van der Waals surface area contributed by atoms with Crippen molar-refractivity contribution in [1.82, 2.24) is 15.5 Å². The molecule has 9 heteroatoms. The van der Waals surface area contributed by atoms with Crippen LogP contribution in [0.4, 0.5) is 13.2 Å². The molecule has 136 valence electrons. The van der Waals surface area contributed by atoms with Crippen molar-refractivity contribution in [1.29, 1.82) is 0 Å². The Morgan fingerprint density at radius 1 is 1.27 bits per heavy atom. The van der Waals surface area contributed by atoms with Crippen LogP contribution in [0.5, 0.6) is 5.88 Å². The molecule has 0 fully saturated rings. The summed E-state index contributed by atoms with van der Waals surface area (Å²) in [5.41, 5.74) is 1.17. The molecule has 0 bridgehead atoms. The molecule has 0 aliphatic rings. The summed E-state index contributed by atoms with van der Waals surface area (Å²) in [6, 6.07) is 9.39. The van der Waals surface area contributed by atoms with Crippen molar-refractivity contribution in [3.8, 4) is 5.88 Å². The van der Waals surface area contributed by atoms with Crippen LogP contribution < -0.4 is 10.1 Å². The maximum absolute atomic E-state index is 12.4. The van der Waals surface area contributed by atoms with Gasteiger partial charge in [0.25, 0.3) is 5.91 Å². The number of fused-ring (bicyclic) bond motifs is 1. The molecule has 2 heterocycles. The molecule has 2 aromatic heterocycles. The van der Waals surface area contributed by atoms with Crippen LogP contribution in [0.25, 0.3) is 10.9 Å². The second kappa shape index (κ2) is 7.03. The van der Waals surface area contributed by atoms with Gasteiger partial charge in [0.2, 0.25) is 11.6 Å². The normalized spacial score (nSPS) is 12.8. The van der Waals surface area contributed by atoms with E-state index in [9.17, 15) is 18.0 Å². The highest BCUT2D eigenvalue weighted by atomic mass is 19.4. The number of pyridine rings is 1. The molecule has 0 radical (unpaired) electrons. The maximum Gasteiger partial charge on any atom is 0.422 e. The van der Waals surface area contributed by atoms with E-state index in [2.05, 4.69) is 20.2 Å². The topological polar surface area (TPSA) is 77.2 Å². The van der Waals surface area contributed by atoms with Gasteiger partial charge in [0, 0.05) is 12.3 Å². The molecule has 0 aliphatic heterocycles. The highest BCUT2D eigenvalue weighted by Crippen LogP contribution is 2.21. The van der Waals surface area contributed by atoms with Crippen LogP contribution >= 0.6 is 0 Å². The molecule has 6 nitrogen and oxygen atoms in total. The molecular weight excluding hydrogens is 351 g/mol. The van der Waals surface area contributed by atoms with Crippen molar-refractivity contribution in [2.75, 3.05) is 6.61 Å². The minimum absolute atomic E-state index is 0.0885. The van der Waals surface area contributed by atoms with Crippen LogP contribution in [0.3, 0.4) is 0 Å². The predicted molar refractivity (Wildman–Crippen MR) is 85.7 cm³/mol. The Balaban J connectivity index is 1.66.